The van der Waals surface area contributed by atoms with Crippen LogP contribution in [0, 0.1) is 17.8 Å². The van der Waals surface area contributed by atoms with Crippen LogP contribution >= 0.6 is 15.9 Å². The lowest BCUT2D eigenvalue weighted by Crippen LogP contribution is -2.48. The van der Waals surface area contributed by atoms with Gasteiger partial charge in [0.05, 0.1) is 5.69 Å². The molecule has 0 atom stereocenters. The zero-order valence-electron chi connectivity index (χ0n) is 14.9. The summed E-state index contributed by atoms with van der Waals surface area (Å²) < 4.78 is 1.04. The van der Waals surface area contributed by atoms with Gasteiger partial charge in [-0.2, -0.15) is 0 Å². The molecule has 2 aromatic rings. The van der Waals surface area contributed by atoms with Gasteiger partial charge in [-0.25, -0.2) is 0 Å². The Balaban J connectivity index is 1.46. The molecule has 4 saturated carbocycles. The Labute approximate surface area is 163 Å². The first-order chi connectivity index (χ1) is 12.6. The topological polar surface area (TPSA) is 32.6 Å². The van der Waals surface area contributed by atoms with Gasteiger partial charge in [0.2, 0.25) is 0 Å². The maximum absolute atomic E-state index is 10.3. The number of phenolic OH excluding ortho intramolecular Hbond substituents is 1. The van der Waals surface area contributed by atoms with Gasteiger partial charge in [-0.1, -0.05) is 22.0 Å². The Kier molecular flexibility index (Phi) is 3.97. The van der Waals surface area contributed by atoms with Gasteiger partial charge in [0, 0.05) is 16.3 Å². The summed E-state index contributed by atoms with van der Waals surface area (Å²) in [6.45, 7) is 0. The summed E-state index contributed by atoms with van der Waals surface area (Å²) in [5.74, 6) is 3.10. The van der Waals surface area contributed by atoms with Gasteiger partial charge >= 0.3 is 0 Å². The van der Waals surface area contributed by atoms with Gasteiger partial charge in [0.25, 0.3) is 0 Å². The fourth-order valence-corrected chi connectivity index (χ4v) is 6.39. The Hall–Kier alpha value is -1.61. The van der Waals surface area contributed by atoms with Crippen molar-refractivity contribution in [3.63, 3.8) is 0 Å². The Morgan fingerprint density at radius 3 is 2.15 bits per heavy atom. The van der Waals surface area contributed by atoms with E-state index in [2.05, 4.69) is 33.1 Å². The molecular weight excluding hydrogens is 386 g/mol. The van der Waals surface area contributed by atoms with Crippen molar-refractivity contribution in [2.24, 2.45) is 22.7 Å². The number of halogens is 1. The van der Waals surface area contributed by atoms with E-state index >= 15 is 0 Å². The van der Waals surface area contributed by atoms with Crippen molar-refractivity contribution in [3.8, 4) is 5.75 Å². The van der Waals surface area contributed by atoms with Crippen LogP contribution in [-0.4, -0.2) is 11.3 Å². The summed E-state index contributed by atoms with van der Waals surface area (Å²) in [5, 5.41) is 10.3. The quantitative estimate of drug-likeness (QED) is 0.586. The monoisotopic (exact) mass is 409 g/mol. The molecule has 0 spiro atoms. The van der Waals surface area contributed by atoms with Crippen LogP contribution in [0.2, 0.25) is 0 Å². The molecule has 0 unspecified atom stereocenters. The smallest absolute Gasteiger partial charge is 0.124 e. The van der Waals surface area contributed by atoms with Crippen molar-refractivity contribution in [1.29, 1.82) is 0 Å². The highest BCUT2D eigenvalue weighted by molar-refractivity contribution is 9.10. The summed E-state index contributed by atoms with van der Waals surface area (Å²) in [4.78, 5) is 4.56. The van der Waals surface area contributed by atoms with E-state index in [9.17, 15) is 5.11 Å². The molecular formula is C23H24BrNO. The molecule has 0 aliphatic heterocycles. The third-order valence-electron chi connectivity index (χ3n) is 6.86. The highest BCUT2D eigenvalue weighted by Gasteiger charge is 2.51. The number of hydrogen-bond acceptors (Lipinski definition) is 2. The van der Waals surface area contributed by atoms with Gasteiger partial charge in [0.15, 0.2) is 0 Å². The molecule has 0 aromatic heterocycles. The zero-order valence-corrected chi connectivity index (χ0v) is 16.5. The number of aliphatic imine (C=N–C) groups is 1. The lowest BCUT2D eigenvalue weighted by molar-refractivity contribution is -0.00520. The number of hydrogen-bond donors (Lipinski definition) is 1. The summed E-state index contributed by atoms with van der Waals surface area (Å²) in [5.41, 5.74) is 3.50. The maximum atomic E-state index is 10.3. The van der Waals surface area contributed by atoms with Gasteiger partial charge in [0.1, 0.15) is 5.75 Å². The third-order valence-corrected chi connectivity index (χ3v) is 7.39. The van der Waals surface area contributed by atoms with Crippen molar-refractivity contribution in [1.82, 2.24) is 0 Å². The molecule has 4 fully saturated rings. The van der Waals surface area contributed by atoms with Gasteiger partial charge in [-0.3, -0.25) is 4.99 Å². The van der Waals surface area contributed by atoms with Crippen LogP contribution in [0.15, 0.2) is 51.9 Å². The van der Waals surface area contributed by atoms with Crippen LogP contribution in [0.4, 0.5) is 5.69 Å². The molecule has 1 N–H and O–H groups in total. The van der Waals surface area contributed by atoms with Gasteiger partial charge in [-0.05, 0) is 104 Å². The van der Waals surface area contributed by atoms with Crippen LogP contribution in [-0.2, 0) is 5.41 Å². The molecule has 0 radical (unpaired) electrons. The van der Waals surface area contributed by atoms with E-state index in [-0.39, 0.29) is 0 Å². The summed E-state index contributed by atoms with van der Waals surface area (Å²) in [6.07, 6.45) is 10.2. The number of nitrogens with zero attached hydrogens (tertiary/aromatic N) is 1. The first kappa shape index (κ1) is 16.6. The van der Waals surface area contributed by atoms with E-state index in [0.717, 1.165) is 33.5 Å². The number of benzene rings is 2. The predicted octanol–water partition coefficient (Wildman–Crippen LogP) is 6.37. The normalized spacial score (nSPS) is 32.4. The standard InChI is InChI=1S/C23H24BrNO/c24-20-2-4-21(5-3-20)25-14-18-10-19(1-6-22(18)26)23-11-15-7-16(12-23)9-17(8-15)13-23/h1-6,10,14-17,26H,7-9,11-13H2. The molecule has 0 saturated heterocycles. The molecule has 0 amide bonds. The van der Waals surface area contributed by atoms with Crippen LogP contribution in [0.25, 0.3) is 0 Å². The molecule has 4 aliphatic carbocycles. The Morgan fingerprint density at radius 2 is 1.54 bits per heavy atom. The second kappa shape index (κ2) is 6.23. The molecule has 6 rings (SSSR count). The largest absolute Gasteiger partial charge is 0.507 e. The van der Waals surface area contributed by atoms with E-state index in [4.69, 9.17) is 0 Å². The molecule has 4 bridgehead atoms. The van der Waals surface area contributed by atoms with Crippen LogP contribution in [0.1, 0.15) is 49.7 Å². The van der Waals surface area contributed by atoms with Crippen molar-refractivity contribution in [2.75, 3.05) is 0 Å². The Morgan fingerprint density at radius 1 is 0.923 bits per heavy atom. The second-order valence-electron chi connectivity index (χ2n) is 8.71. The number of aromatic hydroxyl groups is 1. The van der Waals surface area contributed by atoms with Gasteiger partial charge in [-0.15, -0.1) is 0 Å². The lowest BCUT2D eigenvalue weighted by Gasteiger charge is -2.57. The average Bonchev–Trinajstić information content (AvgIpc) is 2.61. The number of phenols is 1. The fourth-order valence-electron chi connectivity index (χ4n) is 6.12. The number of rotatable bonds is 3. The van der Waals surface area contributed by atoms with E-state index in [1.54, 1.807) is 0 Å². The third kappa shape index (κ3) is 2.90. The maximum Gasteiger partial charge on any atom is 0.124 e. The van der Waals surface area contributed by atoms with Crippen LogP contribution in [0.5, 0.6) is 5.75 Å². The Bertz CT molecular complexity index is 820. The van der Waals surface area contributed by atoms with E-state index in [1.807, 2.05) is 36.5 Å². The van der Waals surface area contributed by atoms with Crippen molar-refractivity contribution in [2.45, 2.75) is 43.9 Å². The van der Waals surface area contributed by atoms with E-state index < -0.39 is 0 Å². The highest BCUT2D eigenvalue weighted by Crippen LogP contribution is 2.60. The predicted molar refractivity (Wildman–Crippen MR) is 109 cm³/mol. The minimum absolute atomic E-state index is 0.319. The van der Waals surface area contributed by atoms with E-state index in [1.165, 1.54) is 44.1 Å². The fraction of sp³-hybridized carbons (Fsp3) is 0.435. The SMILES string of the molecule is Oc1ccc(C23CC4CC(CC(C4)C2)C3)cc1C=Nc1ccc(Br)cc1. The van der Waals surface area contributed by atoms with Crippen LogP contribution < -0.4 is 0 Å². The molecule has 26 heavy (non-hydrogen) atoms. The molecule has 4 aliphatic rings. The first-order valence-corrected chi connectivity index (χ1v) is 10.5. The van der Waals surface area contributed by atoms with Crippen molar-refractivity contribution in [3.05, 3.63) is 58.1 Å². The average molecular weight is 410 g/mol. The van der Waals surface area contributed by atoms with Crippen LogP contribution in [0.3, 0.4) is 0 Å². The summed E-state index contributed by atoms with van der Waals surface area (Å²) in [7, 11) is 0. The highest BCUT2D eigenvalue weighted by atomic mass is 79.9. The minimum atomic E-state index is 0.319. The molecule has 3 heteroatoms. The minimum Gasteiger partial charge on any atom is -0.507 e. The van der Waals surface area contributed by atoms with Crippen molar-refractivity contribution < 1.29 is 5.11 Å². The summed E-state index contributed by atoms with van der Waals surface area (Å²) in [6, 6.07) is 14.2. The lowest BCUT2D eigenvalue weighted by atomic mass is 9.48. The molecule has 2 aromatic carbocycles. The molecule has 2 nitrogen and oxygen atoms in total. The molecule has 134 valence electrons. The van der Waals surface area contributed by atoms with Crippen molar-refractivity contribution >= 4 is 27.8 Å². The second-order valence-corrected chi connectivity index (χ2v) is 9.62. The van der Waals surface area contributed by atoms with Gasteiger partial charge < -0.3 is 5.11 Å². The first-order valence-electron chi connectivity index (χ1n) is 9.73. The zero-order chi connectivity index (χ0) is 17.7. The summed E-state index contributed by atoms with van der Waals surface area (Å²) >= 11 is 3.45. The molecule has 0 heterocycles. The van der Waals surface area contributed by atoms with E-state index in [0.29, 0.717) is 11.2 Å².